The molecule has 0 aliphatic rings. The van der Waals surface area contributed by atoms with Gasteiger partial charge in [0.15, 0.2) is 10.8 Å². The van der Waals surface area contributed by atoms with Crippen LogP contribution in [0.4, 0.5) is 5.69 Å². The van der Waals surface area contributed by atoms with E-state index in [0.717, 1.165) is 5.69 Å². The van der Waals surface area contributed by atoms with E-state index in [1.807, 2.05) is 36.4 Å². The number of nitrogens with zero attached hydrogens (tertiary/aromatic N) is 2. The number of hydrogen-bond acceptors (Lipinski definition) is 4. The van der Waals surface area contributed by atoms with Crippen molar-refractivity contribution in [2.45, 2.75) is 0 Å². The van der Waals surface area contributed by atoms with E-state index in [9.17, 15) is 4.79 Å². The van der Waals surface area contributed by atoms with Gasteiger partial charge < -0.3 is 9.32 Å². The van der Waals surface area contributed by atoms with E-state index in [4.69, 9.17) is 4.42 Å². The molecule has 0 fully saturated rings. The molecule has 0 aliphatic carbocycles. The lowest BCUT2D eigenvalue weighted by atomic mass is 10.3. The van der Waals surface area contributed by atoms with Gasteiger partial charge >= 0.3 is 0 Å². The summed E-state index contributed by atoms with van der Waals surface area (Å²) in [7, 11) is 1.74. The molecule has 2 aromatic heterocycles. The lowest BCUT2D eigenvalue weighted by molar-refractivity contribution is 0.0989. The Kier molecular flexibility index (Phi) is 3.35. The third kappa shape index (κ3) is 2.35. The summed E-state index contributed by atoms with van der Waals surface area (Å²) in [6.07, 6.45) is 1.59. The second-order valence-corrected chi connectivity index (χ2v) is 5.07. The quantitative estimate of drug-likeness (QED) is 0.737. The minimum atomic E-state index is -0.134. The molecule has 3 aromatic rings. The Morgan fingerprint density at radius 2 is 2.00 bits per heavy atom. The molecule has 0 radical (unpaired) electrons. The monoisotopic (exact) mass is 284 g/mol. The van der Waals surface area contributed by atoms with Crippen LogP contribution in [-0.4, -0.2) is 17.9 Å². The maximum Gasteiger partial charge on any atom is 0.277 e. The van der Waals surface area contributed by atoms with Crippen LogP contribution in [0.1, 0.15) is 10.5 Å². The average Bonchev–Trinajstić information content (AvgIpc) is 3.17. The fraction of sp³-hybridized carbons (Fsp3) is 0.0667. The van der Waals surface area contributed by atoms with Crippen LogP contribution in [0.3, 0.4) is 0 Å². The van der Waals surface area contributed by atoms with Crippen molar-refractivity contribution in [1.82, 2.24) is 4.98 Å². The summed E-state index contributed by atoms with van der Waals surface area (Å²) >= 11 is 1.40. The molecule has 0 spiro atoms. The lowest BCUT2D eigenvalue weighted by Crippen LogP contribution is -2.26. The Morgan fingerprint density at radius 1 is 1.20 bits per heavy atom. The van der Waals surface area contributed by atoms with E-state index in [1.54, 1.807) is 29.7 Å². The van der Waals surface area contributed by atoms with Crippen molar-refractivity contribution in [3.63, 3.8) is 0 Å². The fourth-order valence-corrected chi connectivity index (χ4v) is 2.59. The highest BCUT2D eigenvalue weighted by Gasteiger charge is 2.17. The predicted octanol–water partition coefficient (Wildman–Crippen LogP) is 3.68. The van der Waals surface area contributed by atoms with Crippen molar-refractivity contribution in [3.05, 3.63) is 59.8 Å². The number of benzene rings is 1. The van der Waals surface area contributed by atoms with Crippen LogP contribution in [0, 0.1) is 0 Å². The molecule has 100 valence electrons. The molecule has 20 heavy (non-hydrogen) atoms. The number of thiazole rings is 1. The molecule has 0 N–H and O–H groups in total. The molecule has 0 saturated carbocycles. The Labute approximate surface area is 120 Å². The van der Waals surface area contributed by atoms with E-state index < -0.39 is 0 Å². The van der Waals surface area contributed by atoms with Crippen LogP contribution in [0.2, 0.25) is 0 Å². The number of aromatic nitrogens is 1. The predicted molar refractivity (Wildman–Crippen MR) is 79.0 cm³/mol. The second kappa shape index (κ2) is 5.30. The van der Waals surface area contributed by atoms with Gasteiger partial charge in [-0.2, -0.15) is 0 Å². The van der Waals surface area contributed by atoms with Crippen LogP contribution < -0.4 is 4.90 Å². The molecule has 0 unspecified atom stereocenters. The van der Waals surface area contributed by atoms with Crippen LogP contribution in [-0.2, 0) is 0 Å². The summed E-state index contributed by atoms with van der Waals surface area (Å²) in [4.78, 5) is 18.3. The van der Waals surface area contributed by atoms with Gasteiger partial charge in [0, 0.05) is 18.1 Å². The Hall–Kier alpha value is -2.40. The van der Waals surface area contributed by atoms with E-state index in [-0.39, 0.29) is 5.91 Å². The number of amides is 1. The number of furan rings is 1. The first kappa shape index (κ1) is 12.6. The molecular weight excluding hydrogens is 272 g/mol. The molecule has 0 saturated heterocycles. The minimum Gasteiger partial charge on any atom is -0.462 e. The van der Waals surface area contributed by atoms with Crippen molar-refractivity contribution in [1.29, 1.82) is 0 Å². The first-order chi connectivity index (χ1) is 9.75. The number of para-hydroxylation sites is 1. The van der Waals surface area contributed by atoms with Crippen LogP contribution in [0.15, 0.2) is 58.5 Å². The van der Waals surface area contributed by atoms with Gasteiger partial charge in [0.25, 0.3) is 5.91 Å². The van der Waals surface area contributed by atoms with Crippen molar-refractivity contribution in [2.24, 2.45) is 0 Å². The summed E-state index contributed by atoms with van der Waals surface area (Å²) in [6, 6.07) is 13.1. The molecule has 3 rings (SSSR count). The van der Waals surface area contributed by atoms with E-state index in [0.29, 0.717) is 16.5 Å². The van der Waals surface area contributed by atoms with E-state index in [1.165, 1.54) is 11.3 Å². The van der Waals surface area contributed by atoms with Gasteiger partial charge in [-0.25, -0.2) is 4.98 Å². The Balaban J connectivity index is 1.85. The number of anilines is 1. The molecule has 0 atom stereocenters. The van der Waals surface area contributed by atoms with Crippen LogP contribution in [0.25, 0.3) is 10.8 Å². The molecule has 1 amide bonds. The van der Waals surface area contributed by atoms with Crippen LogP contribution >= 0.6 is 11.3 Å². The maximum atomic E-state index is 12.4. The molecule has 0 aliphatic heterocycles. The van der Waals surface area contributed by atoms with Crippen molar-refractivity contribution < 1.29 is 9.21 Å². The highest BCUT2D eigenvalue weighted by molar-refractivity contribution is 7.13. The molecule has 5 heteroatoms. The summed E-state index contributed by atoms with van der Waals surface area (Å²) in [6.45, 7) is 0. The third-order valence-corrected chi connectivity index (χ3v) is 3.76. The molecule has 0 bridgehead atoms. The summed E-state index contributed by atoms with van der Waals surface area (Å²) in [5.41, 5.74) is 1.26. The maximum absolute atomic E-state index is 12.4. The number of hydrogen-bond donors (Lipinski definition) is 0. The van der Waals surface area contributed by atoms with Gasteiger partial charge in [-0.05, 0) is 24.3 Å². The highest BCUT2D eigenvalue weighted by Crippen LogP contribution is 2.25. The highest BCUT2D eigenvalue weighted by atomic mass is 32.1. The fourth-order valence-electron chi connectivity index (χ4n) is 1.83. The van der Waals surface area contributed by atoms with Gasteiger partial charge in [-0.1, -0.05) is 18.2 Å². The zero-order chi connectivity index (χ0) is 13.9. The number of carbonyl (C=O) groups is 1. The minimum absolute atomic E-state index is 0.134. The van der Waals surface area contributed by atoms with Gasteiger partial charge in [0.2, 0.25) is 0 Å². The Bertz CT molecular complexity index is 705. The summed E-state index contributed by atoms with van der Waals surface area (Å²) < 4.78 is 5.28. The molecule has 1 aromatic carbocycles. The van der Waals surface area contributed by atoms with Gasteiger partial charge in [0.05, 0.1) is 6.26 Å². The van der Waals surface area contributed by atoms with E-state index in [2.05, 4.69) is 4.98 Å². The third-order valence-electron chi connectivity index (χ3n) is 2.90. The summed E-state index contributed by atoms with van der Waals surface area (Å²) in [5, 5.41) is 2.46. The molecular formula is C15H12N2O2S. The normalized spacial score (nSPS) is 10.4. The topological polar surface area (TPSA) is 46.3 Å². The average molecular weight is 284 g/mol. The molecule has 4 nitrogen and oxygen atoms in total. The zero-order valence-corrected chi connectivity index (χ0v) is 11.6. The van der Waals surface area contributed by atoms with Gasteiger partial charge in [-0.15, -0.1) is 11.3 Å². The summed E-state index contributed by atoms with van der Waals surface area (Å²) in [5.74, 6) is 0.543. The van der Waals surface area contributed by atoms with Crippen molar-refractivity contribution >= 4 is 22.9 Å². The lowest BCUT2D eigenvalue weighted by Gasteiger charge is -2.15. The standard InChI is InChI=1S/C15H12N2O2S/c1-17(11-6-3-2-4-7-11)15(18)12-10-20-14(16-12)13-8-5-9-19-13/h2-10H,1H3. The first-order valence-electron chi connectivity index (χ1n) is 6.08. The van der Waals surface area contributed by atoms with Crippen molar-refractivity contribution in [2.75, 3.05) is 11.9 Å². The zero-order valence-electron chi connectivity index (χ0n) is 10.8. The van der Waals surface area contributed by atoms with Gasteiger partial charge in [-0.3, -0.25) is 4.79 Å². The van der Waals surface area contributed by atoms with Gasteiger partial charge in [0.1, 0.15) is 5.69 Å². The largest absolute Gasteiger partial charge is 0.462 e. The van der Waals surface area contributed by atoms with Crippen molar-refractivity contribution in [3.8, 4) is 10.8 Å². The number of rotatable bonds is 3. The van der Waals surface area contributed by atoms with Crippen LogP contribution in [0.5, 0.6) is 0 Å². The SMILES string of the molecule is CN(C(=O)c1csc(-c2ccco2)n1)c1ccccc1. The van der Waals surface area contributed by atoms with E-state index >= 15 is 0 Å². The smallest absolute Gasteiger partial charge is 0.277 e. The molecule has 2 heterocycles. The second-order valence-electron chi connectivity index (χ2n) is 4.21. The first-order valence-corrected chi connectivity index (χ1v) is 6.96. The number of carbonyl (C=O) groups excluding carboxylic acids is 1. The Morgan fingerprint density at radius 3 is 2.70 bits per heavy atom.